The molecule has 1 aliphatic carbocycles. The van der Waals surface area contributed by atoms with E-state index in [2.05, 4.69) is 39.0 Å². The molecule has 0 unspecified atom stereocenters. The fourth-order valence-corrected chi connectivity index (χ4v) is 3.59. The van der Waals surface area contributed by atoms with E-state index >= 15 is 0 Å². The number of hydrogen-bond acceptors (Lipinski definition) is 2. The van der Waals surface area contributed by atoms with Crippen molar-refractivity contribution in [1.82, 2.24) is 0 Å². The summed E-state index contributed by atoms with van der Waals surface area (Å²) in [6.45, 7) is 7.57. The number of halogens is 1. The van der Waals surface area contributed by atoms with Crippen molar-refractivity contribution in [3.63, 3.8) is 0 Å². The van der Waals surface area contributed by atoms with Gasteiger partial charge < -0.3 is 10.5 Å². The van der Waals surface area contributed by atoms with Crippen molar-refractivity contribution in [2.75, 3.05) is 6.61 Å². The predicted molar refractivity (Wildman–Crippen MR) is 101 cm³/mol. The fraction of sp³-hybridized carbons (Fsp3) is 0.700. The zero-order valence-corrected chi connectivity index (χ0v) is 15.9. The topological polar surface area (TPSA) is 35.2 Å². The van der Waals surface area contributed by atoms with Crippen molar-refractivity contribution in [2.24, 2.45) is 5.73 Å². The molecule has 1 fully saturated rings. The minimum atomic E-state index is -0.0957. The summed E-state index contributed by atoms with van der Waals surface area (Å²) in [5.41, 5.74) is 10.4. The molecule has 2 N–H and O–H groups in total. The third kappa shape index (κ3) is 4.95. The highest BCUT2D eigenvalue weighted by atomic mass is 35.5. The fourth-order valence-electron chi connectivity index (χ4n) is 3.59. The average Bonchev–Trinajstić information content (AvgIpc) is 2.56. The van der Waals surface area contributed by atoms with Gasteiger partial charge in [-0.25, -0.2) is 0 Å². The van der Waals surface area contributed by atoms with Gasteiger partial charge in [0.2, 0.25) is 0 Å². The molecule has 3 heteroatoms. The van der Waals surface area contributed by atoms with E-state index < -0.39 is 0 Å². The largest absolute Gasteiger partial charge is 0.370 e. The maximum absolute atomic E-state index is 6.53. The highest BCUT2D eigenvalue weighted by Gasteiger charge is 2.38. The average molecular weight is 340 g/mol. The van der Waals surface area contributed by atoms with E-state index in [0.29, 0.717) is 6.04 Å². The molecule has 0 radical (unpaired) electrons. The molecule has 132 valence electrons. The van der Waals surface area contributed by atoms with Crippen molar-refractivity contribution in [2.45, 2.75) is 83.8 Å². The number of ether oxygens (including phenoxy) is 1. The van der Waals surface area contributed by atoms with Gasteiger partial charge in [0.15, 0.2) is 0 Å². The van der Waals surface area contributed by atoms with E-state index in [4.69, 9.17) is 10.5 Å². The molecule has 0 heterocycles. The van der Waals surface area contributed by atoms with Gasteiger partial charge in [-0.15, -0.1) is 12.4 Å². The van der Waals surface area contributed by atoms with E-state index in [-0.39, 0.29) is 18.0 Å². The highest BCUT2D eigenvalue weighted by Crippen LogP contribution is 2.42. The molecule has 0 spiro atoms. The van der Waals surface area contributed by atoms with Crippen LogP contribution in [-0.4, -0.2) is 12.6 Å². The molecule has 0 aliphatic heterocycles. The van der Waals surface area contributed by atoms with Crippen LogP contribution in [0.2, 0.25) is 0 Å². The van der Waals surface area contributed by atoms with Gasteiger partial charge in [-0.3, -0.25) is 0 Å². The Bertz CT molecular complexity index is 467. The smallest absolute Gasteiger partial charge is 0.0935 e. The molecule has 0 bridgehead atoms. The molecular weight excluding hydrogens is 306 g/mol. The molecule has 1 aromatic carbocycles. The first kappa shape index (κ1) is 20.5. The Labute approximate surface area is 148 Å². The Kier molecular flexibility index (Phi) is 8.60. The lowest BCUT2D eigenvalue weighted by Gasteiger charge is -2.41. The summed E-state index contributed by atoms with van der Waals surface area (Å²) in [7, 11) is 0. The number of benzene rings is 1. The first-order valence-corrected chi connectivity index (χ1v) is 9.17. The Hall–Kier alpha value is -0.570. The van der Waals surface area contributed by atoms with Crippen molar-refractivity contribution in [1.29, 1.82) is 0 Å². The lowest BCUT2D eigenvalue weighted by atomic mass is 9.75. The van der Waals surface area contributed by atoms with Gasteiger partial charge in [-0.1, -0.05) is 45.4 Å². The van der Waals surface area contributed by atoms with E-state index in [0.717, 1.165) is 51.6 Å². The molecule has 1 aliphatic rings. The molecular formula is C20H34ClNO. The summed E-state index contributed by atoms with van der Waals surface area (Å²) in [6, 6.07) is 7.34. The van der Waals surface area contributed by atoms with Crippen LogP contribution in [0.4, 0.5) is 0 Å². The summed E-state index contributed by atoms with van der Waals surface area (Å²) >= 11 is 0. The predicted octanol–water partition coefficient (Wildman–Crippen LogP) is 5.15. The van der Waals surface area contributed by atoms with Crippen LogP contribution in [0.15, 0.2) is 18.2 Å². The molecule has 1 saturated carbocycles. The van der Waals surface area contributed by atoms with Crippen molar-refractivity contribution in [3.05, 3.63) is 34.9 Å². The molecule has 2 rings (SSSR count). The highest BCUT2D eigenvalue weighted by molar-refractivity contribution is 5.85. The van der Waals surface area contributed by atoms with E-state index in [1.165, 1.54) is 23.1 Å². The second-order valence-electron chi connectivity index (χ2n) is 6.73. The summed E-state index contributed by atoms with van der Waals surface area (Å²) < 4.78 is 6.53. The molecule has 0 aromatic heterocycles. The Morgan fingerprint density at radius 3 is 2.39 bits per heavy atom. The first-order valence-electron chi connectivity index (χ1n) is 9.17. The Morgan fingerprint density at radius 2 is 1.83 bits per heavy atom. The monoisotopic (exact) mass is 339 g/mol. The van der Waals surface area contributed by atoms with Gasteiger partial charge in [-0.05, 0) is 61.6 Å². The van der Waals surface area contributed by atoms with Crippen LogP contribution in [0, 0.1) is 0 Å². The van der Waals surface area contributed by atoms with Gasteiger partial charge >= 0.3 is 0 Å². The normalized spacial score (nSPS) is 24.3. The van der Waals surface area contributed by atoms with Gasteiger partial charge in [0, 0.05) is 12.6 Å². The van der Waals surface area contributed by atoms with Crippen LogP contribution in [-0.2, 0) is 23.2 Å². The summed E-state index contributed by atoms with van der Waals surface area (Å²) in [5, 5.41) is 0. The third-order valence-electron chi connectivity index (χ3n) is 5.17. The van der Waals surface area contributed by atoms with Crippen LogP contribution >= 0.6 is 12.4 Å². The van der Waals surface area contributed by atoms with Crippen LogP contribution in [0.25, 0.3) is 0 Å². The third-order valence-corrected chi connectivity index (χ3v) is 5.17. The molecule has 0 atom stereocenters. The molecule has 23 heavy (non-hydrogen) atoms. The maximum atomic E-state index is 6.53. The lowest BCUT2D eigenvalue weighted by molar-refractivity contribution is -0.0800. The number of aryl methyl sites for hydroxylation is 2. The van der Waals surface area contributed by atoms with Crippen molar-refractivity contribution >= 4 is 12.4 Å². The van der Waals surface area contributed by atoms with Crippen LogP contribution in [0.5, 0.6) is 0 Å². The summed E-state index contributed by atoms with van der Waals surface area (Å²) in [6.07, 6.45) is 8.77. The lowest BCUT2D eigenvalue weighted by Crippen LogP contribution is -2.40. The molecule has 2 nitrogen and oxygen atoms in total. The van der Waals surface area contributed by atoms with Crippen LogP contribution in [0.3, 0.4) is 0 Å². The minimum absolute atomic E-state index is 0. The maximum Gasteiger partial charge on any atom is 0.0935 e. The summed E-state index contributed by atoms with van der Waals surface area (Å²) in [4.78, 5) is 0. The van der Waals surface area contributed by atoms with Gasteiger partial charge in [0.25, 0.3) is 0 Å². The Balaban J connectivity index is 0.00000264. The van der Waals surface area contributed by atoms with Crippen molar-refractivity contribution in [3.8, 4) is 0 Å². The van der Waals surface area contributed by atoms with Crippen molar-refractivity contribution < 1.29 is 4.74 Å². The SMILES string of the molecule is CCCCOC1(c2cc(CC)ccc2CC)CCC(N)CC1.Cl. The van der Waals surface area contributed by atoms with Gasteiger partial charge in [-0.2, -0.15) is 0 Å². The van der Waals surface area contributed by atoms with Crippen LogP contribution < -0.4 is 5.73 Å². The zero-order chi connectivity index (χ0) is 16.0. The molecule has 1 aromatic rings. The van der Waals surface area contributed by atoms with Crippen LogP contribution in [0.1, 0.15) is 76.0 Å². The van der Waals surface area contributed by atoms with Gasteiger partial charge in [0.1, 0.15) is 0 Å². The number of nitrogens with two attached hydrogens (primary N) is 1. The minimum Gasteiger partial charge on any atom is -0.370 e. The second-order valence-corrected chi connectivity index (χ2v) is 6.73. The number of hydrogen-bond donors (Lipinski definition) is 1. The molecule has 0 amide bonds. The standard InChI is InChI=1S/C20H33NO.ClH/c1-4-7-14-22-20(12-10-18(21)11-13-20)19-15-16(5-2)8-9-17(19)6-3;/h8-9,15,18H,4-7,10-14,21H2,1-3H3;1H. The second kappa shape index (κ2) is 9.66. The van der Waals surface area contributed by atoms with E-state index in [9.17, 15) is 0 Å². The van der Waals surface area contributed by atoms with E-state index in [1.54, 1.807) is 0 Å². The Morgan fingerprint density at radius 1 is 1.13 bits per heavy atom. The number of rotatable bonds is 7. The first-order chi connectivity index (χ1) is 10.6. The van der Waals surface area contributed by atoms with E-state index in [1.807, 2.05) is 0 Å². The zero-order valence-electron chi connectivity index (χ0n) is 15.1. The quantitative estimate of drug-likeness (QED) is 0.697. The summed E-state index contributed by atoms with van der Waals surface area (Å²) in [5.74, 6) is 0. The number of unbranched alkanes of at least 4 members (excludes halogenated alkanes) is 1. The van der Waals surface area contributed by atoms with Gasteiger partial charge in [0.05, 0.1) is 5.60 Å². The molecule has 0 saturated heterocycles.